The molecule has 0 unspecified atom stereocenters. The van der Waals surface area contributed by atoms with E-state index in [9.17, 15) is 0 Å². The van der Waals surface area contributed by atoms with E-state index in [-0.39, 0.29) is 0 Å². The van der Waals surface area contributed by atoms with Crippen LogP contribution in [0.1, 0.15) is 11.1 Å². The maximum atomic E-state index is 4.82. The van der Waals surface area contributed by atoms with Gasteiger partial charge in [-0.3, -0.25) is 9.97 Å². The van der Waals surface area contributed by atoms with Crippen LogP contribution in [0.4, 0.5) is 0 Å². The summed E-state index contributed by atoms with van der Waals surface area (Å²) in [6.45, 7) is 4.02. The van der Waals surface area contributed by atoms with Gasteiger partial charge in [-0.15, -0.1) is 0 Å². The lowest BCUT2D eigenvalue weighted by atomic mass is 10.00. The summed E-state index contributed by atoms with van der Waals surface area (Å²) < 4.78 is 0. The lowest BCUT2D eigenvalue weighted by Crippen LogP contribution is -2.03. The van der Waals surface area contributed by atoms with Crippen molar-refractivity contribution in [2.24, 2.45) is 0 Å². The quantitative estimate of drug-likeness (QED) is 0.278. The third kappa shape index (κ3) is 4.12. The molecule has 0 N–H and O–H groups in total. The van der Waals surface area contributed by atoms with Gasteiger partial charge in [-0.1, -0.05) is 72.8 Å². The normalized spacial score (nSPS) is 11.1. The van der Waals surface area contributed by atoms with Gasteiger partial charge in [-0.25, -0.2) is 15.0 Å². The molecule has 6 rings (SSSR count). The first-order valence-electron chi connectivity index (χ1n) is 11.9. The smallest absolute Gasteiger partial charge is 0.182 e. The Morgan fingerprint density at radius 3 is 1.58 bits per heavy atom. The zero-order valence-corrected chi connectivity index (χ0v) is 20.1. The van der Waals surface area contributed by atoms with Gasteiger partial charge in [-0.05, 0) is 65.1 Å². The number of nitrogens with zero attached hydrogens (tertiary/aromatic N) is 5. The van der Waals surface area contributed by atoms with E-state index in [1.165, 1.54) is 16.3 Å². The Bertz CT molecular complexity index is 1640. The second kappa shape index (κ2) is 9.12. The molecular formula is C31H23N5. The van der Waals surface area contributed by atoms with Crippen molar-refractivity contribution in [3.05, 3.63) is 115 Å². The Kier molecular flexibility index (Phi) is 5.51. The highest BCUT2D eigenvalue weighted by molar-refractivity contribution is 5.87. The van der Waals surface area contributed by atoms with Gasteiger partial charge in [0.15, 0.2) is 17.5 Å². The van der Waals surface area contributed by atoms with Crippen LogP contribution < -0.4 is 0 Å². The molecule has 0 aliphatic heterocycles. The molecule has 0 radical (unpaired) electrons. The summed E-state index contributed by atoms with van der Waals surface area (Å²) in [5, 5.41) is 2.46. The number of aryl methyl sites for hydroxylation is 2. The first-order valence-corrected chi connectivity index (χ1v) is 11.9. The zero-order chi connectivity index (χ0) is 24.5. The van der Waals surface area contributed by atoms with Crippen LogP contribution in [-0.2, 0) is 0 Å². The second-order valence-corrected chi connectivity index (χ2v) is 8.78. The molecule has 5 nitrogen and oxygen atoms in total. The van der Waals surface area contributed by atoms with E-state index >= 15 is 0 Å². The van der Waals surface area contributed by atoms with Crippen molar-refractivity contribution < 1.29 is 0 Å². The summed E-state index contributed by atoms with van der Waals surface area (Å²) in [7, 11) is 0. The van der Waals surface area contributed by atoms with E-state index in [0.717, 1.165) is 33.6 Å². The van der Waals surface area contributed by atoms with Crippen LogP contribution in [0.2, 0.25) is 0 Å². The fourth-order valence-corrected chi connectivity index (χ4v) is 4.34. The topological polar surface area (TPSA) is 64.5 Å². The predicted molar refractivity (Wildman–Crippen MR) is 144 cm³/mol. The lowest BCUT2D eigenvalue weighted by Gasteiger charge is -2.10. The maximum absolute atomic E-state index is 4.82. The molecule has 3 aromatic heterocycles. The number of fused-ring (bicyclic) bond motifs is 1. The molecule has 0 amide bonds. The highest BCUT2D eigenvalue weighted by Crippen LogP contribution is 2.29. The van der Waals surface area contributed by atoms with Crippen LogP contribution in [0.25, 0.3) is 56.3 Å². The molecule has 0 aliphatic carbocycles. The van der Waals surface area contributed by atoms with E-state index in [0.29, 0.717) is 17.5 Å². The Morgan fingerprint density at radius 2 is 0.972 bits per heavy atom. The summed E-state index contributed by atoms with van der Waals surface area (Å²) in [4.78, 5) is 23.5. The van der Waals surface area contributed by atoms with Gasteiger partial charge in [0.2, 0.25) is 0 Å². The van der Waals surface area contributed by atoms with Crippen LogP contribution in [0.15, 0.2) is 103 Å². The molecule has 0 bridgehead atoms. The summed E-state index contributed by atoms with van der Waals surface area (Å²) in [5.41, 5.74) is 6.71. The monoisotopic (exact) mass is 465 g/mol. The van der Waals surface area contributed by atoms with E-state index in [1.807, 2.05) is 38.1 Å². The highest BCUT2D eigenvalue weighted by atomic mass is 15.1. The van der Waals surface area contributed by atoms with Gasteiger partial charge in [0.05, 0.1) is 0 Å². The third-order valence-corrected chi connectivity index (χ3v) is 6.30. The summed E-state index contributed by atoms with van der Waals surface area (Å²) in [5.74, 6) is 1.67. The average Bonchev–Trinajstić information content (AvgIpc) is 2.93. The van der Waals surface area contributed by atoms with Crippen LogP contribution in [0.3, 0.4) is 0 Å². The van der Waals surface area contributed by atoms with Gasteiger partial charge in [0.1, 0.15) is 11.4 Å². The number of rotatable bonds is 4. The Morgan fingerprint density at radius 1 is 0.444 bits per heavy atom. The van der Waals surface area contributed by atoms with E-state index in [1.54, 1.807) is 12.4 Å². The maximum Gasteiger partial charge on any atom is 0.182 e. The zero-order valence-electron chi connectivity index (χ0n) is 20.1. The average molecular weight is 466 g/mol. The second-order valence-electron chi connectivity index (χ2n) is 8.78. The molecule has 0 atom stereocenters. The minimum Gasteiger partial charge on any atom is -0.253 e. The molecule has 5 heteroatoms. The Balaban J connectivity index is 1.45. The number of benzene rings is 3. The van der Waals surface area contributed by atoms with Crippen molar-refractivity contribution in [3.63, 3.8) is 0 Å². The number of hydrogen-bond donors (Lipinski definition) is 0. The molecule has 36 heavy (non-hydrogen) atoms. The highest BCUT2D eigenvalue weighted by Gasteiger charge is 2.16. The molecule has 0 spiro atoms. The molecule has 0 fully saturated rings. The van der Waals surface area contributed by atoms with Crippen LogP contribution in [-0.4, -0.2) is 24.9 Å². The van der Waals surface area contributed by atoms with Crippen molar-refractivity contribution in [2.75, 3.05) is 0 Å². The standard InChI is InChI=1S/C31H23N5/c1-20-7-5-17-32-27(20)30-34-29(35-31(36-30)28-21(2)8-6-18-33-28)24-14-11-23(12-15-24)26-16-13-22-9-3-4-10-25(22)19-26/h3-19H,1-2H3. The fraction of sp³-hybridized carbons (Fsp3) is 0.0645. The molecule has 0 aliphatic rings. The lowest BCUT2D eigenvalue weighted by molar-refractivity contribution is 1.04. The molecule has 6 aromatic rings. The summed E-state index contributed by atoms with van der Waals surface area (Å²) in [6.07, 6.45) is 3.52. The van der Waals surface area contributed by atoms with Crippen LogP contribution in [0.5, 0.6) is 0 Å². The van der Waals surface area contributed by atoms with Crippen molar-refractivity contribution in [2.45, 2.75) is 13.8 Å². The third-order valence-electron chi connectivity index (χ3n) is 6.30. The predicted octanol–water partition coefficient (Wildman–Crippen LogP) is 7.10. The molecule has 3 aromatic carbocycles. The van der Waals surface area contributed by atoms with Crippen molar-refractivity contribution in [1.29, 1.82) is 0 Å². The van der Waals surface area contributed by atoms with Gasteiger partial charge in [0.25, 0.3) is 0 Å². The molecular weight excluding hydrogens is 442 g/mol. The largest absolute Gasteiger partial charge is 0.253 e. The first-order chi connectivity index (χ1) is 17.7. The number of aromatic nitrogens is 5. The van der Waals surface area contributed by atoms with Crippen LogP contribution in [0, 0.1) is 13.8 Å². The molecule has 172 valence electrons. The molecule has 0 saturated carbocycles. The van der Waals surface area contributed by atoms with Gasteiger partial charge < -0.3 is 0 Å². The van der Waals surface area contributed by atoms with Gasteiger partial charge in [0, 0.05) is 18.0 Å². The van der Waals surface area contributed by atoms with E-state index in [2.05, 4.69) is 76.7 Å². The van der Waals surface area contributed by atoms with Crippen molar-refractivity contribution in [3.8, 4) is 45.6 Å². The first kappa shape index (κ1) is 21.7. The number of hydrogen-bond acceptors (Lipinski definition) is 5. The van der Waals surface area contributed by atoms with Crippen molar-refractivity contribution in [1.82, 2.24) is 24.9 Å². The van der Waals surface area contributed by atoms with E-state index < -0.39 is 0 Å². The SMILES string of the molecule is Cc1cccnc1-c1nc(-c2ccc(-c3ccc4ccccc4c3)cc2)nc(-c2ncccc2C)n1. The number of pyridine rings is 2. The Hall–Kier alpha value is -4.77. The van der Waals surface area contributed by atoms with Crippen LogP contribution >= 0.6 is 0 Å². The molecule has 0 saturated heterocycles. The van der Waals surface area contributed by atoms with Gasteiger partial charge in [-0.2, -0.15) is 0 Å². The van der Waals surface area contributed by atoms with Gasteiger partial charge >= 0.3 is 0 Å². The minimum absolute atomic E-state index is 0.539. The fourth-order valence-electron chi connectivity index (χ4n) is 4.34. The van der Waals surface area contributed by atoms with Crippen molar-refractivity contribution >= 4 is 10.8 Å². The Labute approximate surface area is 209 Å². The molecule has 3 heterocycles. The minimum atomic E-state index is 0.539. The van der Waals surface area contributed by atoms with E-state index in [4.69, 9.17) is 15.0 Å². The summed E-state index contributed by atoms with van der Waals surface area (Å²) >= 11 is 0. The summed E-state index contributed by atoms with van der Waals surface area (Å²) in [6, 6.07) is 31.1.